The number of carbonyl (C=O) groups is 2. The molecule has 2 heterocycles. The van der Waals surface area contributed by atoms with Crippen molar-refractivity contribution in [3.63, 3.8) is 0 Å². The average molecular weight is 340 g/mol. The van der Waals surface area contributed by atoms with E-state index >= 15 is 0 Å². The van der Waals surface area contributed by atoms with Gasteiger partial charge < -0.3 is 15.4 Å². The van der Waals surface area contributed by atoms with Crippen LogP contribution in [0.5, 0.6) is 0 Å². The number of hydrogen-bond acceptors (Lipinski definition) is 6. The van der Waals surface area contributed by atoms with Crippen molar-refractivity contribution in [1.29, 1.82) is 0 Å². The summed E-state index contributed by atoms with van der Waals surface area (Å²) in [5, 5.41) is 5.88. The molecule has 1 aliphatic heterocycles. The predicted octanol–water partition coefficient (Wildman–Crippen LogP) is 2.33. The summed E-state index contributed by atoms with van der Waals surface area (Å²) in [7, 11) is 0. The van der Waals surface area contributed by atoms with E-state index in [0.717, 1.165) is 25.1 Å². The van der Waals surface area contributed by atoms with Crippen molar-refractivity contribution in [3.8, 4) is 0 Å². The van der Waals surface area contributed by atoms with Crippen LogP contribution < -0.4 is 10.6 Å². The van der Waals surface area contributed by atoms with E-state index in [1.807, 2.05) is 0 Å². The second kappa shape index (κ2) is 7.85. The minimum absolute atomic E-state index is 0.0183. The number of nitrogens with zero attached hydrogens (tertiary/aromatic N) is 2. The van der Waals surface area contributed by atoms with Gasteiger partial charge in [-0.3, -0.25) is 9.59 Å². The summed E-state index contributed by atoms with van der Waals surface area (Å²) in [5.74, 6) is 0.274. The molecule has 3 rings (SSSR count). The van der Waals surface area contributed by atoms with Crippen molar-refractivity contribution in [1.82, 2.24) is 15.3 Å². The number of carbonyl (C=O) groups excluding carboxylic acids is 2. The lowest BCUT2D eigenvalue weighted by Crippen LogP contribution is -2.32. The van der Waals surface area contributed by atoms with E-state index in [2.05, 4.69) is 20.6 Å². The molecule has 0 bridgehead atoms. The molecular formula is C18H20N4O3. The molecule has 2 N–H and O–H groups in total. The number of Topliss-reactive ketones (excluding diaryl/α,β-unsaturated/α-hetero) is 1. The molecule has 1 saturated heterocycles. The van der Waals surface area contributed by atoms with Gasteiger partial charge in [-0.2, -0.15) is 0 Å². The summed E-state index contributed by atoms with van der Waals surface area (Å²) >= 11 is 0. The minimum atomic E-state index is -0.264. The second-order valence-corrected chi connectivity index (χ2v) is 5.89. The molecule has 130 valence electrons. The first-order chi connectivity index (χ1) is 12.1. The molecule has 1 atom stereocenters. The SMILES string of the molecule is CC(=O)c1ccc(Nc2cnc(C(=O)NCC3CCCO3)cn2)cc1. The molecule has 7 nitrogen and oxygen atoms in total. The van der Waals surface area contributed by atoms with Gasteiger partial charge in [-0.15, -0.1) is 0 Å². The van der Waals surface area contributed by atoms with E-state index < -0.39 is 0 Å². The Morgan fingerprint density at radius 3 is 2.60 bits per heavy atom. The van der Waals surface area contributed by atoms with E-state index in [9.17, 15) is 9.59 Å². The molecule has 0 saturated carbocycles. The van der Waals surface area contributed by atoms with Gasteiger partial charge in [-0.05, 0) is 44.0 Å². The Morgan fingerprint density at radius 1 is 1.20 bits per heavy atom. The highest BCUT2D eigenvalue weighted by Crippen LogP contribution is 2.15. The highest BCUT2D eigenvalue weighted by atomic mass is 16.5. The zero-order valence-electron chi connectivity index (χ0n) is 14.0. The Bertz CT molecular complexity index is 738. The van der Waals surface area contributed by atoms with Gasteiger partial charge in [0.05, 0.1) is 18.5 Å². The average Bonchev–Trinajstić information content (AvgIpc) is 3.14. The predicted molar refractivity (Wildman–Crippen MR) is 93.1 cm³/mol. The number of nitrogens with one attached hydrogen (secondary N) is 2. The summed E-state index contributed by atoms with van der Waals surface area (Å²) in [6.45, 7) is 2.77. The summed E-state index contributed by atoms with van der Waals surface area (Å²) in [6.07, 6.45) is 5.03. The Kier molecular flexibility index (Phi) is 5.35. The van der Waals surface area contributed by atoms with Crippen LogP contribution in [0.15, 0.2) is 36.7 Å². The fraction of sp³-hybridized carbons (Fsp3) is 0.333. The third-order valence-corrected chi connectivity index (χ3v) is 3.96. The van der Waals surface area contributed by atoms with E-state index in [0.29, 0.717) is 17.9 Å². The van der Waals surface area contributed by atoms with E-state index in [1.54, 1.807) is 24.3 Å². The van der Waals surface area contributed by atoms with Crippen molar-refractivity contribution >= 4 is 23.2 Å². The normalized spacial score (nSPS) is 16.4. The third kappa shape index (κ3) is 4.60. The summed E-state index contributed by atoms with van der Waals surface area (Å²) in [6, 6.07) is 7.07. The number of benzene rings is 1. The standard InChI is InChI=1S/C18H20N4O3/c1-12(23)13-4-6-14(7-5-13)22-17-11-19-16(10-20-17)18(24)21-9-15-3-2-8-25-15/h4-7,10-11,15H,2-3,8-9H2,1H3,(H,20,22)(H,21,24). The molecule has 1 amide bonds. The first-order valence-corrected chi connectivity index (χ1v) is 8.22. The lowest BCUT2D eigenvalue weighted by atomic mass is 10.1. The van der Waals surface area contributed by atoms with Gasteiger partial charge in [0.15, 0.2) is 5.78 Å². The smallest absolute Gasteiger partial charge is 0.271 e. The van der Waals surface area contributed by atoms with Gasteiger partial charge in [0.25, 0.3) is 5.91 Å². The molecule has 7 heteroatoms. The molecule has 1 aliphatic rings. The number of anilines is 2. The van der Waals surface area contributed by atoms with Gasteiger partial charge in [0, 0.05) is 24.4 Å². The molecule has 1 aromatic heterocycles. The number of rotatable bonds is 6. The molecule has 0 radical (unpaired) electrons. The number of ketones is 1. The van der Waals surface area contributed by atoms with Gasteiger partial charge >= 0.3 is 0 Å². The number of hydrogen-bond donors (Lipinski definition) is 2. The first-order valence-electron chi connectivity index (χ1n) is 8.22. The summed E-state index contributed by atoms with van der Waals surface area (Å²) in [5.41, 5.74) is 1.69. The van der Waals surface area contributed by atoms with Crippen molar-refractivity contribution in [3.05, 3.63) is 47.9 Å². The molecule has 25 heavy (non-hydrogen) atoms. The van der Waals surface area contributed by atoms with Crippen molar-refractivity contribution in [2.75, 3.05) is 18.5 Å². The maximum atomic E-state index is 12.1. The van der Waals surface area contributed by atoms with Crippen molar-refractivity contribution in [2.24, 2.45) is 0 Å². The Morgan fingerprint density at radius 2 is 2.00 bits per heavy atom. The van der Waals surface area contributed by atoms with Crippen LogP contribution in [-0.2, 0) is 4.74 Å². The molecule has 0 spiro atoms. The van der Waals surface area contributed by atoms with Crippen LogP contribution in [0.1, 0.15) is 40.6 Å². The van der Waals surface area contributed by atoms with Crippen LogP contribution >= 0.6 is 0 Å². The summed E-state index contributed by atoms with van der Waals surface area (Å²) < 4.78 is 5.47. The van der Waals surface area contributed by atoms with Crippen LogP contribution in [0.4, 0.5) is 11.5 Å². The minimum Gasteiger partial charge on any atom is -0.376 e. The topological polar surface area (TPSA) is 93.2 Å². The largest absolute Gasteiger partial charge is 0.376 e. The van der Waals surface area contributed by atoms with Crippen LogP contribution in [-0.4, -0.2) is 40.9 Å². The molecular weight excluding hydrogens is 320 g/mol. The van der Waals surface area contributed by atoms with Crippen molar-refractivity contribution in [2.45, 2.75) is 25.9 Å². The summed E-state index contributed by atoms with van der Waals surface area (Å²) in [4.78, 5) is 31.6. The van der Waals surface area contributed by atoms with Crippen LogP contribution in [0.2, 0.25) is 0 Å². The first kappa shape index (κ1) is 17.0. The molecule has 1 unspecified atom stereocenters. The molecule has 1 fully saturated rings. The lowest BCUT2D eigenvalue weighted by molar-refractivity contribution is 0.0853. The zero-order chi connectivity index (χ0) is 17.6. The van der Waals surface area contributed by atoms with Crippen LogP contribution in [0.3, 0.4) is 0 Å². The van der Waals surface area contributed by atoms with Crippen LogP contribution in [0, 0.1) is 0 Å². The number of amides is 1. The molecule has 1 aromatic carbocycles. The Labute approximate surface area is 145 Å². The van der Waals surface area contributed by atoms with E-state index in [4.69, 9.17) is 4.74 Å². The van der Waals surface area contributed by atoms with Crippen LogP contribution in [0.25, 0.3) is 0 Å². The van der Waals surface area contributed by atoms with Gasteiger partial charge in [0.2, 0.25) is 0 Å². The van der Waals surface area contributed by atoms with Gasteiger partial charge in [0.1, 0.15) is 11.5 Å². The highest BCUT2D eigenvalue weighted by molar-refractivity contribution is 5.94. The monoisotopic (exact) mass is 340 g/mol. The molecule has 0 aliphatic carbocycles. The quantitative estimate of drug-likeness (QED) is 0.784. The van der Waals surface area contributed by atoms with Crippen molar-refractivity contribution < 1.29 is 14.3 Å². The molecule has 2 aromatic rings. The zero-order valence-corrected chi connectivity index (χ0v) is 14.0. The third-order valence-electron chi connectivity index (χ3n) is 3.96. The number of ether oxygens (including phenoxy) is 1. The maximum Gasteiger partial charge on any atom is 0.271 e. The Hall–Kier alpha value is -2.80. The van der Waals surface area contributed by atoms with E-state index in [-0.39, 0.29) is 23.5 Å². The van der Waals surface area contributed by atoms with Gasteiger partial charge in [-0.1, -0.05) is 0 Å². The second-order valence-electron chi connectivity index (χ2n) is 5.89. The maximum absolute atomic E-state index is 12.1. The van der Waals surface area contributed by atoms with E-state index in [1.165, 1.54) is 19.3 Å². The Balaban J connectivity index is 1.55. The van der Waals surface area contributed by atoms with Gasteiger partial charge in [-0.25, -0.2) is 9.97 Å². The number of aromatic nitrogens is 2. The lowest BCUT2D eigenvalue weighted by Gasteiger charge is -2.10. The highest BCUT2D eigenvalue weighted by Gasteiger charge is 2.17. The fourth-order valence-electron chi connectivity index (χ4n) is 2.55. The fourth-order valence-corrected chi connectivity index (χ4v) is 2.55.